The molecule has 0 unspecified atom stereocenters. The molecule has 0 spiro atoms. The number of nitrogens with one attached hydrogen (secondary N) is 1. The number of aliphatic hydroxyl groups excluding tert-OH is 1. The number of benzene rings is 2. The first kappa shape index (κ1) is 13.8. The number of aromatic nitrogens is 1. The SMILES string of the molecule is OCCc1cccc2c(CCc3ccc(F)cc3)c[nH]c12. The minimum absolute atomic E-state index is 0.156. The molecule has 0 fully saturated rings. The van der Waals surface area contributed by atoms with Gasteiger partial charge in [0.25, 0.3) is 0 Å². The van der Waals surface area contributed by atoms with Crippen LogP contribution in [0.1, 0.15) is 16.7 Å². The first-order valence-electron chi connectivity index (χ1n) is 7.21. The fourth-order valence-corrected chi connectivity index (χ4v) is 2.74. The molecule has 0 aliphatic carbocycles. The Labute approximate surface area is 123 Å². The maximum absolute atomic E-state index is 12.9. The fourth-order valence-electron chi connectivity index (χ4n) is 2.74. The van der Waals surface area contributed by atoms with Crippen molar-refractivity contribution in [2.24, 2.45) is 0 Å². The molecule has 3 heteroatoms. The first-order valence-corrected chi connectivity index (χ1v) is 7.21. The summed E-state index contributed by atoms with van der Waals surface area (Å²) in [5.74, 6) is -0.195. The Bertz CT molecular complexity index is 731. The van der Waals surface area contributed by atoms with Gasteiger partial charge in [0.15, 0.2) is 0 Å². The summed E-state index contributed by atoms with van der Waals surface area (Å²) in [5, 5.41) is 10.3. The van der Waals surface area contributed by atoms with Gasteiger partial charge in [0, 0.05) is 23.7 Å². The fraction of sp³-hybridized carbons (Fsp3) is 0.222. The van der Waals surface area contributed by atoms with Crippen LogP contribution in [0.25, 0.3) is 10.9 Å². The molecule has 0 amide bonds. The smallest absolute Gasteiger partial charge is 0.123 e. The molecule has 0 aliphatic heterocycles. The zero-order valence-corrected chi connectivity index (χ0v) is 11.8. The molecular weight excluding hydrogens is 265 g/mol. The van der Waals surface area contributed by atoms with Gasteiger partial charge in [0.05, 0.1) is 0 Å². The van der Waals surface area contributed by atoms with Crippen LogP contribution in [-0.4, -0.2) is 16.7 Å². The summed E-state index contributed by atoms with van der Waals surface area (Å²) in [5.41, 5.74) is 4.65. The summed E-state index contributed by atoms with van der Waals surface area (Å²) in [7, 11) is 0. The second-order valence-electron chi connectivity index (χ2n) is 5.25. The number of hydrogen-bond donors (Lipinski definition) is 2. The van der Waals surface area contributed by atoms with E-state index in [9.17, 15) is 4.39 Å². The third-order valence-electron chi connectivity index (χ3n) is 3.86. The van der Waals surface area contributed by atoms with Crippen LogP contribution in [0.5, 0.6) is 0 Å². The molecule has 108 valence electrons. The van der Waals surface area contributed by atoms with Crippen LogP contribution in [0.4, 0.5) is 4.39 Å². The van der Waals surface area contributed by atoms with Gasteiger partial charge in [0.2, 0.25) is 0 Å². The van der Waals surface area contributed by atoms with E-state index in [0.29, 0.717) is 6.42 Å². The van der Waals surface area contributed by atoms with E-state index in [-0.39, 0.29) is 12.4 Å². The molecule has 0 saturated carbocycles. The lowest BCUT2D eigenvalue weighted by molar-refractivity contribution is 0.300. The molecule has 0 atom stereocenters. The Morgan fingerprint density at radius 3 is 2.48 bits per heavy atom. The number of para-hydroxylation sites is 1. The van der Waals surface area contributed by atoms with Gasteiger partial charge < -0.3 is 10.1 Å². The van der Waals surface area contributed by atoms with E-state index < -0.39 is 0 Å². The minimum Gasteiger partial charge on any atom is -0.396 e. The zero-order chi connectivity index (χ0) is 14.7. The number of H-pyrrole nitrogens is 1. The third-order valence-corrected chi connectivity index (χ3v) is 3.86. The molecule has 3 rings (SSSR count). The van der Waals surface area contributed by atoms with Crippen molar-refractivity contribution in [3.05, 3.63) is 71.2 Å². The second-order valence-corrected chi connectivity index (χ2v) is 5.25. The Balaban J connectivity index is 1.81. The van der Waals surface area contributed by atoms with Crippen LogP contribution in [0.2, 0.25) is 0 Å². The number of fused-ring (bicyclic) bond motifs is 1. The highest BCUT2D eigenvalue weighted by Gasteiger charge is 2.07. The summed E-state index contributed by atoms with van der Waals surface area (Å²) < 4.78 is 12.9. The molecule has 0 bridgehead atoms. The molecule has 0 aliphatic rings. The maximum atomic E-state index is 12.9. The van der Waals surface area contributed by atoms with Gasteiger partial charge in [-0.3, -0.25) is 0 Å². The summed E-state index contributed by atoms with van der Waals surface area (Å²) in [6.07, 6.45) is 4.50. The lowest BCUT2D eigenvalue weighted by Gasteiger charge is -2.03. The van der Waals surface area contributed by atoms with Crippen molar-refractivity contribution in [2.75, 3.05) is 6.61 Å². The Morgan fingerprint density at radius 1 is 0.905 bits per heavy atom. The van der Waals surface area contributed by atoms with Crippen LogP contribution >= 0.6 is 0 Å². The van der Waals surface area contributed by atoms with Crippen molar-refractivity contribution < 1.29 is 9.50 Å². The van der Waals surface area contributed by atoms with Crippen molar-refractivity contribution in [1.29, 1.82) is 0 Å². The zero-order valence-electron chi connectivity index (χ0n) is 11.8. The average molecular weight is 283 g/mol. The topological polar surface area (TPSA) is 36.0 Å². The number of aromatic amines is 1. The van der Waals surface area contributed by atoms with E-state index in [1.165, 1.54) is 23.1 Å². The molecule has 2 nitrogen and oxygen atoms in total. The van der Waals surface area contributed by atoms with E-state index >= 15 is 0 Å². The number of halogens is 1. The number of hydrogen-bond acceptors (Lipinski definition) is 1. The number of aryl methyl sites for hydroxylation is 2. The third kappa shape index (κ3) is 2.98. The molecule has 21 heavy (non-hydrogen) atoms. The van der Waals surface area contributed by atoms with Gasteiger partial charge in [0.1, 0.15) is 5.82 Å². The number of rotatable bonds is 5. The van der Waals surface area contributed by atoms with Gasteiger partial charge in [-0.2, -0.15) is 0 Å². The van der Waals surface area contributed by atoms with Crippen LogP contribution in [0, 0.1) is 5.82 Å². The van der Waals surface area contributed by atoms with Crippen molar-refractivity contribution in [3.63, 3.8) is 0 Å². The molecule has 2 N–H and O–H groups in total. The predicted molar refractivity (Wildman–Crippen MR) is 82.9 cm³/mol. The molecular formula is C18H18FNO. The molecule has 0 saturated heterocycles. The van der Waals surface area contributed by atoms with Crippen LogP contribution < -0.4 is 0 Å². The highest BCUT2D eigenvalue weighted by Crippen LogP contribution is 2.23. The van der Waals surface area contributed by atoms with Crippen molar-refractivity contribution in [3.8, 4) is 0 Å². The molecule has 1 aromatic heterocycles. The van der Waals surface area contributed by atoms with E-state index in [2.05, 4.69) is 11.1 Å². The number of aliphatic hydroxyl groups is 1. The summed E-state index contributed by atoms with van der Waals surface area (Å²) in [4.78, 5) is 3.32. The van der Waals surface area contributed by atoms with Crippen LogP contribution in [-0.2, 0) is 19.3 Å². The monoisotopic (exact) mass is 283 g/mol. The average Bonchev–Trinajstić information content (AvgIpc) is 2.91. The second kappa shape index (κ2) is 6.10. The highest BCUT2D eigenvalue weighted by atomic mass is 19.1. The standard InChI is InChI=1S/C18H18FNO/c19-16-8-5-13(6-9-16)4-7-15-12-20-18-14(10-11-21)2-1-3-17(15)18/h1-3,5-6,8-9,12,20-21H,4,7,10-11H2. The summed E-state index contributed by atoms with van der Waals surface area (Å²) >= 11 is 0. The van der Waals surface area contributed by atoms with E-state index in [4.69, 9.17) is 5.11 Å². The van der Waals surface area contributed by atoms with Crippen molar-refractivity contribution >= 4 is 10.9 Å². The van der Waals surface area contributed by atoms with E-state index in [0.717, 1.165) is 29.5 Å². The van der Waals surface area contributed by atoms with Gasteiger partial charge in [-0.05, 0) is 48.1 Å². The lowest BCUT2D eigenvalue weighted by Crippen LogP contribution is -1.92. The first-order chi connectivity index (χ1) is 10.3. The Hall–Kier alpha value is -2.13. The van der Waals surface area contributed by atoms with Crippen molar-refractivity contribution in [1.82, 2.24) is 4.98 Å². The van der Waals surface area contributed by atoms with E-state index in [1.807, 2.05) is 30.5 Å². The van der Waals surface area contributed by atoms with Crippen molar-refractivity contribution in [2.45, 2.75) is 19.3 Å². The van der Waals surface area contributed by atoms with Gasteiger partial charge in [-0.25, -0.2) is 4.39 Å². The quantitative estimate of drug-likeness (QED) is 0.737. The predicted octanol–water partition coefficient (Wildman–Crippen LogP) is 3.63. The van der Waals surface area contributed by atoms with Gasteiger partial charge >= 0.3 is 0 Å². The summed E-state index contributed by atoms with van der Waals surface area (Å²) in [6, 6.07) is 12.9. The minimum atomic E-state index is -0.195. The van der Waals surface area contributed by atoms with Crippen LogP contribution in [0.15, 0.2) is 48.7 Å². The Morgan fingerprint density at radius 2 is 1.71 bits per heavy atom. The Kier molecular flexibility index (Phi) is 4.02. The van der Waals surface area contributed by atoms with E-state index in [1.54, 1.807) is 0 Å². The lowest BCUT2D eigenvalue weighted by atomic mass is 10.0. The van der Waals surface area contributed by atoms with Gasteiger partial charge in [-0.1, -0.05) is 30.3 Å². The van der Waals surface area contributed by atoms with Crippen LogP contribution in [0.3, 0.4) is 0 Å². The molecule has 1 heterocycles. The largest absolute Gasteiger partial charge is 0.396 e. The maximum Gasteiger partial charge on any atom is 0.123 e. The van der Waals surface area contributed by atoms with Gasteiger partial charge in [-0.15, -0.1) is 0 Å². The molecule has 3 aromatic rings. The normalized spacial score (nSPS) is 11.1. The highest BCUT2D eigenvalue weighted by molar-refractivity contribution is 5.86. The molecule has 0 radical (unpaired) electrons. The molecule has 2 aromatic carbocycles. The summed E-state index contributed by atoms with van der Waals surface area (Å²) in [6.45, 7) is 0.156.